The fraction of sp³-hybridized carbons (Fsp3) is 0.455. The molecule has 0 saturated heterocycles. The van der Waals surface area contributed by atoms with Crippen LogP contribution < -0.4 is 5.32 Å². The van der Waals surface area contributed by atoms with Crippen molar-refractivity contribution in [1.29, 1.82) is 0 Å². The molecule has 29 heavy (non-hydrogen) atoms. The predicted octanol–water partition coefficient (Wildman–Crippen LogP) is 4.15. The van der Waals surface area contributed by atoms with E-state index >= 15 is 0 Å². The largest absolute Gasteiger partial charge is 0.460 e. The van der Waals surface area contributed by atoms with E-state index in [1.54, 1.807) is 32.9 Å². The number of rotatable bonds is 4. The van der Waals surface area contributed by atoms with Crippen molar-refractivity contribution in [3.05, 3.63) is 62.5 Å². The number of nitrogens with zero attached hydrogens (tertiary/aromatic N) is 1. The molecule has 1 N–H and O–H groups in total. The smallest absolute Gasteiger partial charge is 0.337 e. The molecule has 0 amide bonds. The summed E-state index contributed by atoms with van der Waals surface area (Å²) in [6.07, 6.45) is 0.679. The van der Waals surface area contributed by atoms with Gasteiger partial charge in [0.25, 0.3) is 5.69 Å². The summed E-state index contributed by atoms with van der Waals surface area (Å²) in [6, 6.07) is 6.13. The minimum atomic E-state index is -0.694. The average molecular weight is 398 g/mol. The number of benzene rings is 1. The van der Waals surface area contributed by atoms with Crippen molar-refractivity contribution in [1.82, 2.24) is 5.32 Å². The van der Waals surface area contributed by atoms with Crippen molar-refractivity contribution in [2.24, 2.45) is 5.41 Å². The van der Waals surface area contributed by atoms with Gasteiger partial charge in [-0.15, -0.1) is 0 Å². The van der Waals surface area contributed by atoms with Crippen LogP contribution in [0.4, 0.5) is 5.69 Å². The zero-order valence-electron chi connectivity index (χ0n) is 17.4. The molecule has 0 fully saturated rings. The number of Topliss-reactive ketones (excluding diaryl/α,β-unsaturated/α-hetero) is 1. The molecule has 0 radical (unpaired) electrons. The zero-order valence-corrected chi connectivity index (χ0v) is 17.4. The van der Waals surface area contributed by atoms with Crippen LogP contribution in [-0.4, -0.2) is 22.8 Å². The first-order chi connectivity index (χ1) is 13.5. The maximum Gasteiger partial charge on any atom is 0.337 e. The van der Waals surface area contributed by atoms with Crippen LogP contribution in [-0.2, 0) is 14.3 Å². The van der Waals surface area contributed by atoms with Gasteiger partial charge in [-0.3, -0.25) is 14.9 Å². The van der Waals surface area contributed by atoms with Crippen LogP contribution in [0.5, 0.6) is 0 Å². The van der Waals surface area contributed by atoms with E-state index in [9.17, 15) is 19.7 Å². The van der Waals surface area contributed by atoms with Gasteiger partial charge in [-0.1, -0.05) is 26.0 Å². The fourth-order valence-corrected chi connectivity index (χ4v) is 4.14. The van der Waals surface area contributed by atoms with Crippen molar-refractivity contribution < 1.29 is 19.2 Å². The Bertz CT molecular complexity index is 956. The van der Waals surface area contributed by atoms with Gasteiger partial charge in [-0.2, -0.15) is 0 Å². The number of carbonyl (C=O) groups is 2. The molecule has 1 atom stereocenters. The van der Waals surface area contributed by atoms with Gasteiger partial charge < -0.3 is 10.1 Å². The van der Waals surface area contributed by atoms with E-state index in [0.29, 0.717) is 35.2 Å². The molecule has 0 saturated carbocycles. The van der Waals surface area contributed by atoms with Crippen molar-refractivity contribution in [3.8, 4) is 0 Å². The first-order valence-corrected chi connectivity index (χ1v) is 9.69. The van der Waals surface area contributed by atoms with Gasteiger partial charge in [0.05, 0.1) is 16.6 Å². The molecule has 1 heterocycles. The number of esters is 1. The monoisotopic (exact) mass is 398 g/mol. The molecule has 1 aromatic carbocycles. The molecule has 7 heteroatoms. The molecule has 0 bridgehead atoms. The summed E-state index contributed by atoms with van der Waals surface area (Å²) in [5.74, 6) is -1.27. The highest BCUT2D eigenvalue weighted by Crippen LogP contribution is 2.47. The van der Waals surface area contributed by atoms with E-state index < -0.39 is 16.8 Å². The van der Waals surface area contributed by atoms with E-state index in [1.165, 1.54) is 12.1 Å². The molecule has 7 nitrogen and oxygen atoms in total. The van der Waals surface area contributed by atoms with Crippen LogP contribution in [0, 0.1) is 15.5 Å². The number of allylic oxidation sites excluding steroid dienone is 3. The quantitative estimate of drug-likeness (QED) is 0.465. The Morgan fingerprint density at radius 3 is 2.62 bits per heavy atom. The van der Waals surface area contributed by atoms with Crippen LogP contribution in [0.1, 0.15) is 58.9 Å². The van der Waals surface area contributed by atoms with Gasteiger partial charge in [0.15, 0.2) is 5.78 Å². The maximum atomic E-state index is 13.1. The van der Waals surface area contributed by atoms with Crippen LogP contribution in [0.25, 0.3) is 0 Å². The second-order valence-corrected chi connectivity index (χ2v) is 8.74. The van der Waals surface area contributed by atoms with Crippen molar-refractivity contribution in [3.63, 3.8) is 0 Å². The highest BCUT2D eigenvalue weighted by Gasteiger charge is 2.43. The lowest BCUT2D eigenvalue weighted by molar-refractivity contribution is -0.384. The van der Waals surface area contributed by atoms with Crippen LogP contribution in [0.2, 0.25) is 0 Å². The van der Waals surface area contributed by atoms with Gasteiger partial charge in [0, 0.05) is 41.4 Å². The molecule has 2 aliphatic rings. The average Bonchev–Trinajstić information content (AvgIpc) is 2.58. The van der Waals surface area contributed by atoms with Gasteiger partial charge in [-0.05, 0) is 38.2 Å². The van der Waals surface area contributed by atoms with Gasteiger partial charge in [-0.25, -0.2) is 4.79 Å². The predicted molar refractivity (Wildman–Crippen MR) is 108 cm³/mol. The summed E-state index contributed by atoms with van der Waals surface area (Å²) in [5.41, 5.74) is 2.47. The summed E-state index contributed by atoms with van der Waals surface area (Å²) in [7, 11) is 0. The topological polar surface area (TPSA) is 98.5 Å². The molecule has 0 unspecified atom stereocenters. The zero-order chi connectivity index (χ0) is 21.5. The number of ketones is 1. The highest BCUT2D eigenvalue weighted by atomic mass is 16.6. The number of ether oxygens (including phenoxy) is 1. The number of hydrogen-bond donors (Lipinski definition) is 1. The summed E-state index contributed by atoms with van der Waals surface area (Å²) in [4.78, 5) is 36.9. The van der Waals surface area contributed by atoms with Crippen LogP contribution in [0.3, 0.4) is 0 Å². The Morgan fingerprint density at radius 1 is 1.31 bits per heavy atom. The highest BCUT2D eigenvalue weighted by molar-refractivity contribution is 6.04. The lowest BCUT2D eigenvalue weighted by Crippen LogP contribution is -2.39. The fourth-order valence-electron chi connectivity index (χ4n) is 4.14. The summed E-state index contributed by atoms with van der Waals surface area (Å²) in [6.45, 7) is 9.34. The summed E-state index contributed by atoms with van der Waals surface area (Å²) in [5, 5.41) is 14.6. The van der Waals surface area contributed by atoms with Gasteiger partial charge in [0.1, 0.15) is 0 Å². The van der Waals surface area contributed by atoms with Crippen molar-refractivity contribution in [2.75, 3.05) is 0 Å². The normalized spacial score (nSPS) is 21.0. The second kappa shape index (κ2) is 7.46. The third-order valence-corrected chi connectivity index (χ3v) is 5.22. The maximum absolute atomic E-state index is 13.1. The molecule has 1 aliphatic heterocycles. The number of nitro benzene ring substituents is 1. The molecule has 154 valence electrons. The first kappa shape index (κ1) is 20.8. The number of hydrogen-bond acceptors (Lipinski definition) is 6. The molecule has 3 rings (SSSR count). The standard InChI is InChI=1S/C22H26N2O5/c1-12(2)29-21(26)18-13(3)23-16-10-22(4,5)11-17(25)20(16)19(18)14-7-6-8-15(9-14)24(27)28/h6-9,12,19,23H,10-11H2,1-5H3/t19-/m0/s1. The van der Waals surface area contributed by atoms with Crippen molar-refractivity contribution in [2.45, 2.75) is 59.5 Å². The lowest BCUT2D eigenvalue weighted by atomic mass is 9.68. The molecule has 0 aromatic heterocycles. The molecule has 1 aliphatic carbocycles. The Balaban J connectivity index is 2.20. The number of dihydropyridines is 1. The Kier molecular flexibility index (Phi) is 5.34. The number of nitro groups is 1. The minimum Gasteiger partial charge on any atom is -0.460 e. The van der Waals surface area contributed by atoms with Gasteiger partial charge >= 0.3 is 5.97 Å². The van der Waals surface area contributed by atoms with E-state index in [4.69, 9.17) is 4.74 Å². The Labute approximate surface area is 170 Å². The van der Waals surface area contributed by atoms with E-state index in [0.717, 1.165) is 5.70 Å². The molecule has 0 spiro atoms. The first-order valence-electron chi connectivity index (χ1n) is 9.69. The minimum absolute atomic E-state index is 0.0531. The van der Waals surface area contributed by atoms with E-state index in [1.807, 2.05) is 13.8 Å². The Morgan fingerprint density at radius 2 is 2.00 bits per heavy atom. The van der Waals surface area contributed by atoms with Crippen LogP contribution in [0.15, 0.2) is 46.8 Å². The van der Waals surface area contributed by atoms with Crippen LogP contribution >= 0.6 is 0 Å². The van der Waals surface area contributed by atoms with E-state index in [-0.39, 0.29) is 23.0 Å². The number of carbonyl (C=O) groups excluding carboxylic acids is 2. The Hall–Kier alpha value is -2.96. The van der Waals surface area contributed by atoms with Gasteiger partial charge in [0.2, 0.25) is 0 Å². The SMILES string of the molecule is CC1=C(C(=O)OC(C)C)[C@H](c2cccc([N+](=O)[O-])c2)C2=C(CC(C)(C)CC2=O)N1. The summed E-state index contributed by atoms with van der Waals surface area (Å²) >= 11 is 0. The molecular weight excluding hydrogens is 372 g/mol. The number of non-ortho nitro benzene ring substituents is 1. The van der Waals surface area contributed by atoms with Crippen molar-refractivity contribution >= 4 is 17.4 Å². The molecule has 1 aromatic rings. The summed E-state index contributed by atoms with van der Waals surface area (Å²) < 4.78 is 5.44. The lowest BCUT2D eigenvalue weighted by Gasteiger charge is -2.39. The second-order valence-electron chi connectivity index (χ2n) is 8.74. The third-order valence-electron chi connectivity index (χ3n) is 5.22. The van der Waals surface area contributed by atoms with E-state index in [2.05, 4.69) is 5.32 Å². The molecular formula is C22H26N2O5. The number of nitrogens with one attached hydrogen (secondary N) is 1. The third kappa shape index (κ3) is 4.09.